The van der Waals surface area contributed by atoms with Crippen LogP contribution in [0.15, 0.2) is 40.2 Å². The predicted octanol–water partition coefficient (Wildman–Crippen LogP) is 3.63. The highest BCUT2D eigenvalue weighted by atomic mass is 79.9. The van der Waals surface area contributed by atoms with Crippen molar-refractivity contribution < 1.29 is 4.74 Å². The number of benzene rings is 1. The van der Waals surface area contributed by atoms with Crippen LogP contribution in [-0.4, -0.2) is 13.7 Å². The summed E-state index contributed by atoms with van der Waals surface area (Å²) in [5.74, 6) is 0.836. The van der Waals surface area contributed by atoms with Gasteiger partial charge in [0, 0.05) is 23.2 Å². The Kier molecular flexibility index (Phi) is 4.63. The van der Waals surface area contributed by atoms with E-state index in [1.165, 1.54) is 4.88 Å². The molecule has 1 unspecified atom stereocenters. The van der Waals surface area contributed by atoms with Gasteiger partial charge >= 0.3 is 0 Å². The van der Waals surface area contributed by atoms with Crippen LogP contribution in [0.4, 0.5) is 5.69 Å². The first-order valence-corrected chi connectivity index (χ1v) is 7.19. The van der Waals surface area contributed by atoms with E-state index in [-0.39, 0.29) is 6.04 Å². The van der Waals surface area contributed by atoms with E-state index in [4.69, 9.17) is 10.5 Å². The van der Waals surface area contributed by atoms with Gasteiger partial charge in [-0.3, -0.25) is 0 Å². The van der Waals surface area contributed by atoms with Crippen molar-refractivity contribution in [2.45, 2.75) is 6.04 Å². The van der Waals surface area contributed by atoms with Gasteiger partial charge in [0.25, 0.3) is 0 Å². The maximum atomic E-state index is 5.83. The first-order chi connectivity index (χ1) is 8.72. The van der Waals surface area contributed by atoms with Crippen molar-refractivity contribution in [2.24, 2.45) is 5.73 Å². The smallest absolute Gasteiger partial charge is 0.120 e. The summed E-state index contributed by atoms with van der Waals surface area (Å²) in [5.41, 5.74) is 6.84. The van der Waals surface area contributed by atoms with Gasteiger partial charge in [0.05, 0.1) is 16.9 Å². The minimum atomic E-state index is 0.119. The molecule has 3 N–H and O–H groups in total. The van der Waals surface area contributed by atoms with E-state index < -0.39 is 0 Å². The molecule has 1 aromatic carbocycles. The number of thiophene rings is 1. The predicted molar refractivity (Wildman–Crippen MR) is 80.4 cm³/mol. The molecular weight excluding hydrogens is 312 g/mol. The van der Waals surface area contributed by atoms with Crippen LogP contribution in [0, 0.1) is 0 Å². The zero-order valence-electron chi connectivity index (χ0n) is 10.0. The van der Waals surface area contributed by atoms with Crippen molar-refractivity contribution in [3.63, 3.8) is 0 Å². The van der Waals surface area contributed by atoms with Crippen molar-refractivity contribution in [1.29, 1.82) is 0 Å². The maximum absolute atomic E-state index is 5.83. The summed E-state index contributed by atoms with van der Waals surface area (Å²) in [6.07, 6.45) is 0. The molecule has 0 radical (unpaired) electrons. The fourth-order valence-corrected chi connectivity index (χ4v) is 3.16. The number of nitrogens with two attached hydrogens (primary N) is 1. The van der Waals surface area contributed by atoms with E-state index in [1.807, 2.05) is 30.3 Å². The highest BCUT2D eigenvalue weighted by Gasteiger charge is 2.11. The summed E-state index contributed by atoms with van der Waals surface area (Å²) in [6.45, 7) is 0.546. The molecule has 1 atom stereocenters. The molecule has 2 rings (SSSR count). The molecule has 1 aromatic heterocycles. The molecule has 0 aliphatic heterocycles. The van der Waals surface area contributed by atoms with Crippen LogP contribution < -0.4 is 15.8 Å². The Morgan fingerprint density at radius 3 is 2.83 bits per heavy atom. The fourth-order valence-electron chi connectivity index (χ4n) is 1.68. The molecule has 0 spiro atoms. The number of halogens is 1. The maximum Gasteiger partial charge on any atom is 0.120 e. The van der Waals surface area contributed by atoms with E-state index in [0.717, 1.165) is 15.2 Å². The average Bonchev–Trinajstić information content (AvgIpc) is 2.82. The molecule has 0 saturated heterocycles. The second-order valence-electron chi connectivity index (χ2n) is 3.81. The molecule has 96 valence electrons. The minimum Gasteiger partial charge on any atom is -0.497 e. The van der Waals surface area contributed by atoms with Gasteiger partial charge in [-0.15, -0.1) is 11.3 Å². The van der Waals surface area contributed by atoms with Gasteiger partial charge in [-0.2, -0.15) is 0 Å². The van der Waals surface area contributed by atoms with Crippen molar-refractivity contribution in [1.82, 2.24) is 0 Å². The monoisotopic (exact) mass is 326 g/mol. The van der Waals surface area contributed by atoms with Gasteiger partial charge < -0.3 is 15.8 Å². The van der Waals surface area contributed by atoms with Crippen LogP contribution >= 0.6 is 27.3 Å². The van der Waals surface area contributed by atoms with E-state index in [2.05, 4.69) is 27.3 Å². The van der Waals surface area contributed by atoms with Gasteiger partial charge in [-0.1, -0.05) is 6.07 Å². The van der Waals surface area contributed by atoms with Crippen LogP contribution in [0.25, 0.3) is 0 Å². The summed E-state index contributed by atoms with van der Waals surface area (Å²) in [6, 6.07) is 12.1. The van der Waals surface area contributed by atoms with Crippen LogP contribution in [0.2, 0.25) is 0 Å². The lowest BCUT2D eigenvalue weighted by Crippen LogP contribution is -2.19. The average molecular weight is 327 g/mol. The van der Waals surface area contributed by atoms with Crippen LogP contribution in [-0.2, 0) is 0 Å². The molecule has 1 heterocycles. The summed E-state index contributed by atoms with van der Waals surface area (Å²) in [7, 11) is 1.66. The molecule has 18 heavy (non-hydrogen) atoms. The van der Waals surface area contributed by atoms with Gasteiger partial charge in [-0.05, 0) is 40.2 Å². The summed E-state index contributed by atoms with van der Waals surface area (Å²) in [4.78, 5) is 1.21. The molecule has 0 aliphatic carbocycles. The van der Waals surface area contributed by atoms with Crippen molar-refractivity contribution >= 4 is 33.0 Å². The molecular formula is C13H15BrN2OS. The van der Waals surface area contributed by atoms with Crippen molar-refractivity contribution in [3.8, 4) is 5.75 Å². The number of anilines is 1. The highest BCUT2D eigenvalue weighted by Crippen LogP contribution is 2.29. The zero-order valence-corrected chi connectivity index (χ0v) is 12.4. The Labute approximate surface area is 119 Å². The Hall–Kier alpha value is -1.04. The van der Waals surface area contributed by atoms with Crippen LogP contribution in [0.5, 0.6) is 5.75 Å². The van der Waals surface area contributed by atoms with Gasteiger partial charge in [0.2, 0.25) is 0 Å². The summed E-state index contributed by atoms with van der Waals surface area (Å²) < 4.78 is 6.32. The molecule has 2 aromatic rings. The van der Waals surface area contributed by atoms with E-state index in [9.17, 15) is 0 Å². The Morgan fingerprint density at radius 1 is 1.39 bits per heavy atom. The van der Waals surface area contributed by atoms with Crippen molar-refractivity contribution in [3.05, 3.63) is 45.1 Å². The number of hydrogen-bond acceptors (Lipinski definition) is 4. The van der Waals surface area contributed by atoms with Gasteiger partial charge in [-0.25, -0.2) is 0 Å². The third kappa shape index (κ3) is 3.25. The quantitative estimate of drug-likeness (QED) is 0.881. The summed E-state index contributed by atoms with van der Waals surface area (Å²) >= 11 is 5.16. The second-order valence-corrected chi connectivity index (χ2v) is 6.30. The van der Waals surface area contributed by atoms with Crippen LogP contribution in [0.3, 0.4) is 0 Å². The van der Waals surface area contributed by atoms with E-state index >= 15 is 0 Å². The third-order valence-electron chi connectivity index (χ3n) is 2.58. The fraction of sp³-hybridized carbons (Fsp3) is 0.231. The lowest BCUT2D eigenvalue weighted by Gasteiger charge is -2.17. The number of ether oxygens (including phenoxy) is 1. The third-order valence-corrected chi connectivity index (χ3v) is 4.32. The lowest BCUT2D eigenvalue weighted by atomic mass is 10.2. The van der Waals surface area contributed by atoms with Crippen LogP contribution in [0.1, 0.15) is 10.9 Å². The molecule has 0 fully saturated rings. The molecule has 5 heteroatoms. The zero-order chi connectivity index (χ0) is 13.0. The lowest BCUT2D eigenvalue weighted by molar-refractivity contribution is 0.415. The second kappa shape index (κ2) is 6.22. The molecule has 0 bridgehead atoms. The first-order valence-electron chi connectivity index (χ1n) is 5.59. The Balaban J connectivity index is 2.14. The van der Waals surface area contributed by atoms with Gasteiger partial charge in [0.1, 0.15) is 5.75 Å². The number of nitrogens with one attached hydrogen (secondary N) is 1. The number of rotatable bonds is 5. The number of hydrogen-bond donors (Lipinski definition) is 2. The minimum absolute atomic E-state index is 0.119. The molecule has 3 nitrogen and oxygen atoms in total. The molecule has 0 amide bonds. The first kappa shape index (κ1) is 13.4. The molecule has 0 aliphatic rings. The standard InChI is InChI=1S/C13H15BrN2OS/c1-17-10-4-2-3-9(7-10)16-11(8-15)12-5-6-13(14)18-12/h2-7,11,16H,8,15H2,1H3. The molecule has 0 saturated carbocycles. The summed E-state index contributed by atoms with van der Waals surface area (Å²) in [5, 5.41) is 3.42. The van der Waals surface area contributed by atoms with E-state index in [0.29, 0.717) is 6.54 Å². The SMILES string of the molecule is COc1cccc(NC(CN)c2ccc(Br)s2)c1. The highest BCUT2D eigenvalue weighted by molar-refractivity contribution is 9.11. The van der Waals surface area contributed by atoms with Gasteiger partial charge in [0.15, 0.2) is 0 Å². The Bertz CT molecular complexity index is 515. The van der Waals surface area contributed by atoms with Crippen molar-refractivity contribution in [2.75, 3.05) is 19.0 Å². The topological polar surface area (TPSA) is 47.3 Å². The number of methoxy groups -OCH3 is 1. The van der Waals surface area contributed by atoms with E-state index in [1.54, 1.807) is 18.4 Å². The Morgan fingerprint density at radius 2 is 2.22 bits per heavy atom. The largest absolute Gasteiger partial charge is 0.497 e. The normalized spacial score (nSPS) is 12.2.